The highest BCUT2D eigenvalue weighted by atomic mass is 16.6. The molecule has 0 N–H and O–H groups in total. The molecule has 2 bridgehead atoms. The van der Waals surface area contributed by atoms with Crippen molar-refractivity contribution in [2.45, 2.75) is 44.8 Å². The molecule has 0 aromatic rings. The average molecular weight is 262 g/mol. The Morgan fingerprint density at radius 2 is 2.16 bits per heavy atom. The van der Waals surface area contributed by atoms with Gasteiger partial charge in [-0.25, -0.2) is 4.79 Å². The van der Waals surface area contributed by atoms with E-state index in [-0.39, 0.29) is 5.97 Å². The third-order valence-electron chi connectivity index (χ3n) is 5.94. The smallest absolute Gasteiger partial charge is 0.333 e. The molecule has 3 saturated carbocycles. The molecule has 1 heterocycles. The molecule has 19 heavy (non-hydrogen) atoms. The average Bonchev–Trinajstić information content (AvgIpc) is 2.96. The Kier molecular flexibility index (Phi) is 2.57. The summed E-state index contributed by atoms with van der Waals surface area (Å²) >= 11 is 0. The van der Waals surface area contributed by atoms with Gasteiger partial charge in [-0.3, -0.25) is 0 Å². The van der Waals surface area contributed by atoms with Gasteiger partial charge < -0.3 is 9.47 Å². The van der Waals surface area contributed by atoms with Crippen LogP contribution in [-0.4, -0.2) is 24.8 Å². The van der Waals surface area contributed by atoms with E-state index < -0.39 is 0 Å². The Balaban J connectivity index is 1.39. The van der Waals surface area contributed by atoms with Crippen LogP contribution in [0.5, 0.6) is 0 Å². The normalized spacial score (nSPS) is 49.4. The lowest BCUT2D eigenvalue weighted by Crippen LogP contribution is -2.36. The number of esters is 1. The largest absolute Gasteiger partial charge is 0.462 e. The van der Waals surface area contributed by atoms with Crippen molar-refractivity contribution in [2.75, 3.05) is 6.61 Å². The first-order chi connectivity index (χ1) is 9.15. The van der Waals surface area contributed by atoms with Gasteiger partial charge >= 0.3 is 5.97 Å². The van der Waals surface area contributed by atoms with Gasteiger partial charge in [0.25, 0.3) is 0 Å². The van der Waals surface area contributed by atoms with E-state index in [1.54, 1.807) is 6.92 Å². The van der Waals surface area contributed by atoms with Gasteiger partial charge in [0.2, 0.25) is 0 Å². The van der Waals surface area contributed by atoms with E-state index in [2.05, 4.69) is 6.58 Å². The molecular formula is C16H22O3. The van der Waals surface area contributed by atoms with Crippen molar-refractivity contribution in [3.8, 4) is 0 Å². The highest BCUT2D eigenvalue weighted by Crippen LogP contribution is 2.63. The van der Waals surface area contributed by atoms with Crippen LogP contribution in [-0.2, 0) is 14.3 Å². The molecule has 0 aromatic carbocycles. The monoisotopic (exact) mass is 262 g/mol. The topological polar surface area (TPSA) is 38.8 Å². The summed E-state index contributed by atoms with van der Waals surface area (Å²) in [7, 11) is 0. The third kappa shape index (κ3) is 1.78. The van der Waals surface area contributed by atoms with Gasteiger partial charge in [-0.2, -0.15) is 0 Å². The second-order valence-corrected chi connectivity index (χ2v) is 6.99. The number of carbonyl (C=O) groups is 1. The molecule has 104 valence electrons. The predicted octanol–water partition coefficient (Wildman–Crippen LogP) is 2.56. The molecule has 7 unspecified atom stereocenters. The fourth-order valence-corrected chi connectivity index (χ4v) is 5.18. The molecule has 4 fully saturated rings. The second kappa shape index (κ2) is 4.08. The van der Waals surface area contributed by atoms with Gasteiger partial charge in [0.1, 0.15) is 0 Å². The van der Waals surface area contributed by atoms with E-state index in [1.165, 1.54) is 25.7 Å². The number of ether oxygens (including phenoxy) is 2. The zero-order chi connectivity index (χ0) is 13.1. The lowest BCUT2D eigenvalue weighted by atomic mass is 9.67. The summed E-state index contributed by atoms with van der Waals surface area (Å²) in [6, 6.07) is 0. The highest BCUT2D eigenvalue weighted by molar-refractivity contribution is 5.86. The number of rotatable bonds is 3. The minimum atomic E-state index is -0.228. The summed E-state index contributed by atoms with van der Waals surface area (Å²) < 4.78 is 11.2. The van der Waals surface area contributed by atoms with Crippen molar-refractivity contribution in [3.63, 3.8) is 0 Å². The Morgan fingerprint density at radius 1 is 1.32 bits per heavy atom. The zero-order valence-electron chi connectivity index (χ0n) is 11.5. The van der Waals surface area contributed by atoms with Gasteiger partial charge in [-0.15, -0.1) is 0 Å². The van der Waals surface area contributed by atoms with Crippen LogP contribution in [0.1, 0.15) is 32.6 Å². The summed E-state index contributed by atoms with van der Waals surface area (Å²) in [5.41, 5.74) is 0.507. The lowest BCUT2D eigenvalue weighted by molar-refractivity contribution is -0.141. The fraction of sp³-hybridized carbons (Fsp3) is 0.812. The van der Waals surface area contributed by atoms with Crippen LogP contribution in [0.2, 0.25) is 0 Å². The quantitative estimate of drug-likeness (QED) is 0.446. The van der Waals surface area contributed by atoms with Crippen LogP contribution < -0.4 is 0 Å². The minimum absolute atomic E-state index is 0.228. The van der Waals surface area contributed by atoms with Crippen LogP contribution in [0.3, 0.4) is 0 Å². The first-order valence-corrected chi connectivity index (χ1v) is 7.63. The molecule has 7 atom stereocenters. The molecule has 4 aliphatic rings. The van der Waals surface area contributed by atoms with E-state index in [0.717, 1.165) is 23.7 Å². The Labute approximate surface area is 114 Å². The number of carbonyl (C=O) groups excluding carboxylic acids is 1. The molecule has 1 aliphatic heterocycles. The van der Waals surface area contributed by atoms with Gasteiger partial charge in [0.15, 0.2) is 0 Å². The van der Waals surface area contributed by atoms with Gasteiger partial charge in [-0.1, -0.05) is 6.58 Å². The number of epoxide rings is 1. The third-order valence-corrected chi connectivity index (χ3v) is 5.94. The maximum atomic E-state index is 11.5. The van der Waals surface area contributed by atoms with E-state index in [4.69, 9.17) is 9.47 Å². The van der Waals surface area contributed by atoms with Crippen LogP contribution in [0.25, 0.3) is 0 Å². The lowest BCUT2D eigenvalue weighted by Gasteiger charge is -2.37. The van der Waals surface area contributed by atoms with Crippen molar-refractivity contribution < 1.29 is 14.3 Å². The van der Waals surface area contributed by atoms with Crippen LogP contribution in [0.15, 0.2) is 12.2 Å². The Morgan fingerprint density at radius 3 is 2.95 bits per heavy atom. The van der Waals surface area contributed by atoms with Crippen molar-refractivity contribution in [1.82, 2.24) is 0 Å². The second-order valence-electron chi connectivity index (χ2n) is 6.99. The maximum absolute atomic E-state index is 11.5. The van der Waals surface area contributed by atoms with Crippen molar-refractivity contribution >= 4 is 5.97 Å². The van der Waals surface area contributed by atoms with Gasteiger partial charge in [0, 0.05) is 5.57 Å². The predicted molar refractivity (Wildman–Crippen MR) is 70.4 cm³/mol. The van der Waals surface area contributed by atoms with Crippen molar-refractivity contribution in [3.05, 3.63) is 12.2 Å². The molecule has 0 spiro atoms. The number of fused-ring (bicyclic) bond motifs is 7. The molecule has 4 rings (SSSR count). The number of hydrogen-bond acceptors (Lipinski definition) is 3. The van der Waals surface area contributed by atoms with Gasteiger partial charge in [-0.05, 0) is 62.2 Å². The first-order valence-electron chi connectivity index (χ1n) is 7.63. The summed E-state index contributed by atoms with van der Waals surface area (Å²) in [4.78, 5) is 11.5. The molecular weight excluding hydrogens is 240 g/mol. The van der Waals surface area contributed by atoms with E-state index in [0.29, 0.717) is 30.3 Å². The summed E-state index contributed by atoms with van der Waals surface area (Å²) in [5.74, 6) is 3.64. The minimum Gasteiger partial charge on any atom is -0.462 e. The fourth-order valence-electron chi connectivity index (χ4n) is 5.18. The first kappa shape index (κ1) is 12.0. The summed E-state index contributed by atoms with van der Waals surface area (Å²) in [6.07, 6.45) is 6.36. The summed E-state index contributed by atoms with van der Waals surface area (Å²) in [6.45, 7) is 5.95. The molecule has 3 heteroatoms. The molecule has 3 nitrogen and oxygen atoms in total. The van der Waals surface area contributed by atoms with Crippen LogP contribution >= 0.6 is 0 Å². The SMILES string of the molecule is C=C(C)C(=O)OCC1CC2CC1C1CCC3OC3C21. The van der Waals surface area contributed by atoms with E-state index >= 15 is 0 Å². The zero-order valence-corrected chi connectivity index (χ0v) is 11.5. The van der Waals surface area contributed by atoms with Gasteiger partial charge in [0.05, 0.1) is 18.8 Å². The molecule has 0 radical (unpaired) electrons. The molecule has 3 aliphatic carbocycles. The standard InChI is InChI=1S/C16H22O3/c1-8(2)16(17)18-7-10-5-9-6-12(10)11-3-4-13-15(19-13)14(9)11/h9-15H,1,3-7H2,2H3. The number of hydrogen-bond donors (Lipinski definition) is 0. The van der Waals surface area contributed by atoms with Crippen molar-refractivity contribution in [1.29, 1.82) is 0 Å². The van der Waals surface area contributed by atoms with Crippen molar-refractivity contribution in [2.24, 2.45) is 29.6 Å². The molecule has 0 amide bonds. The van der Waals surface area contributed by atoms with E-state index in [1.807, 2.05) is 0 Å². The maximum Gasteiger partial charge on any atom is 0.333 e. The molecule has 0 aromatic heterocycles. The van der Waals surface area contributed by atoms with E-state index in [9.17, 15) is 4.79 Å². The van der Waals surface area contributed by atoms with Crippen LogP contribution in [0.4, 0.5) is 0 Å². The molecule has 1 saturated heterocycles. The Bertz CT molecular complexity index is 430. The Hall–Kier alpha value is -0.830. The summed E-state index contributed by atoms with van der Waals surface area (Å²) in [5, 5.41) is 0. The highest BCUT2D eigenvalue weighted by Gasteiger charge is 2.62. The van der Waals surface area contributed by atoms with Crippen LogP contribution in [0, 0.1) is 29.6 Å².